The number of ketones is 1. The Morgan fingerprint density at radius 1 is 1.29 bits per heavy atom. The first kappa shape index (κ1) is 21.0. The van der Waals surface area contributed by atoms with Gasteiger partial charge in [-0.05, 0) is 63.1 Å². The molecule has 1 aromatic heterocycles. The van der Waals surface area contributed by atoms with Crippen molar-refractivity contribution in [2.45, 2.75) is 64.0 Å². The van der Waals surface area contributed by atoms with Crippen molar-refractivity contribution in [1.82, 2.24) is 4.57 Å². The summed E-state index contributed by atoms with van der Waals surface area (Å²) in [5.41, 5.74) is -0.708. The molecule has 152 valence electrons. The molecule has 1 aliphatic carbocycles. The number of carbonyl (C=O) groups excluding carboxylic acids is 1. The van der Waals surface area contributed by atoms with Crippen LogP contribution in [0.5, 0.6) is 0 Å². The molecule has 1 atom stereocenters. The SMILES string of the molecule is CC1CCC(O)(CCC(=O)c2c(Cl)ccc3c(=O)n([C@H](C)CO)ccc23)CC1. The van der Waals surface area contributed by atoms with Crippen molar-refractivity contribution >= 4 is 28.2 Å². The first-order valence-corrected chi connectivity index (χ1v) is 10.3. The van der Waals surface area contributed by atoms with Gasteiger partial charge in [-0.3, -0.25) is 9.59 Å². The highest BCUT2D eigenvalue weighted by Gasteiger charge is 2.32. The zero-order valence-corrected chi connectivity index (χ0v) is 17.2. The second-order valence-electron chi connectivity index (χ2n) is 8.27. The quantitative estimate of drug-likeness (QED) is 0.708. The highest BCUT2D eigenvalue weighted by atomic mass is 35.5. The van der Waals surface area contributed by atoms with E-state index in [1.165, 1.54) is 4.57 Å². The number of hydrogen-bond acceptors (Lipinski definition) is 4. The molecule has 6 heteroatoms. The number of rotatable bonds is 6. The van der Waals surface area contributed by atoms with Crippen LogP contribution in [0.3, 0.4) is 0 Å². The van der Waals surface area contributed by atoms with Gasteiger partial charge in [-0.25, -0.2) is 0 Å². The van der Waals surface area contributed by atoms with E-state index in [0.717, 1.165) is 12.8 Å². The zero-order valence-electron chi connectivity index (χ0n) is 16.4. The summed E-state index contributed by atoms with van der Waals surface area (Å²) >= 11 is 6.32. The van der Waals surface area contributed by atoms with E-state index in [0.29, 0.717) is 46.5 Å². The Labute approximate surface area is 169 Å². The number of nitrogens with zero attached hydrogens (tertiary/aromatic N) is 1. The molecule has 1 heterocycles. The van der Waals surface area contributed by atoms with Crippen LogP contribution in [0.4, 0.5) is 0 Å². The molecular formula is C22H28ClNO4. The van der Waals surface area contributed by atoms with Gasteiger partial charge in [0.05, 0.1) is 23.3 Å². The van der Waals surface area contributed by atoms with Gasteiger partial charge in [-0.1, -0.05) is 18.5 Å². The normalized spacial score (nSPS) is 23.7. The number of benzene rings is 1. The molecule has 0 radical (unpaired) electrons. The number of fused-ring (bicyclic) bond motifs is 1. The van der Waals surface area contributed by atoms with E-state index in [1.807, 2.05) is 0 Å². The summed E-state index contributed by atoms with van der Waals surface area (Å²) in [5.74, 6) is 0.460. The highest BCUT2D eigenvalue weighted by Crippen LogP contribution is 2.36. The molecule has 1 saturated carbocycles. The second-order valence-corrected chi connectivity index (χ2v) is 8.68. The number of halogens is 1. The first-order chi connectivity index (χ1) is 13.3. The summed E-state index contributed by atoms with van der Waals surface area (Å²) in [5, 5.41) is 21.4. The van der Waals surface area contributed by atoms with Crippen molar-refractivity contribution in [3.05, 3.63) is 45.3 Å². The minimum atomic E-state index is -0.789. The van der Waals surface area contributed by atoms with Crippen molar-refractivity contribution in [2.75, 3.05) is 6.61 Å². The number of aromatic nitrogens is 1. The summed E-state index contributed by atoms with van der Waals surface area (Å²) < 4.78 is 1.45. The lowest BCUT2D eigenvalue weighted by Gasteiger charge is -2.34. The maximum Gasteiger partial charge on any atom is 0.258 e. The molecule has 1 aliphatic rings. The lowest BCUT2D eigenvalue weighted by Crippen LogP contribution is -2.34. The topological polar surface area (TPSA) is 79.5 Å². The Balaban J connectivity index is 1.89. The third-order valence-electron chi connectivity index (χ3n) is 6.10. The lowest BCUT2D eigenvalue weighted by atomic mass is 9.77. The Morgan fingerprint density at radius 3 is 2.61 bits per heavy atom. The molecule has 5 nitrogen and oxygen atoms in total. The van der Waals surface area contributed by atoms with Crippen LogP contribution in [0.15, 0.2) is 29.2 Å². The number of pyridine rings is 1. The van der Waals surface area contributed by atoms with Gasteiger partial charge >= 0.3 is 0 Å². The van der Waals surface area contributed by atoms with Crippen LogP contribution in [0, 0.1) is 5.92 Å². The molecular weight excluding hydrogens is 378 g/mol. The summed E-state index contributed by atoms with van der Waals surface area (Å²) in [6, 6.07) is 4.55. The van der Waals surface area contributed by atoms with Crippen molar-refractivity contribution < 1.29 is 15.0 Å². The Hall–Kier alpha value is -1.69. The molecule has 0 spiro atoms. The summed E-state index contributed by atoms with van der Waals surface area (Å²) in [4.78, 5) is 25.7. The summed E-state index contributed by atoms with van der Waals surface area (Å²) in [6.07, 6.45) is 5.58. The monoisotopic (exact) mass is 405 g/mol. The summed E-state index contributed by atoms with van der Waals surface area (Å²) in [7, 11) is 0. The van der Waals surface area contributed by atoms with E-state index in [9.17, 15) is 19.8 Å². The standard InChI is InChI=1S/C22H28ClNO4/c1-14-5-9-22(28,10-6-14)11-7-19(26)20-16-8-12-24(15(2)13-25)21(27)17(16)3-4-18(20)23/h3-4,8,12,14-15,25,28H,5-7,9-11,13H2,1-2H3/t14?,15-,22?/m1/s1. The van der Waals surface area contributed by atoms with E-state index in [4.69, 9.17) is 11.6 Å². The molecule has 0 aliphatic heterocycles. The van der Waals surface area contributed by atoms with Gasteiger partial charge in [0.2, 0.25) is 0 Å². The number of aliphatic hydroxyl groups is 2. The van der Waals surface area contributed by atoms with Crippen molar-refractivity contribution in [3.8, 4) is 0 Å². The van der Waals surface area contributed by atoms with Gasteiger partial charge in [0.15, 0.2) is 5.78 Å². The van der Waals surface area contributed by atoms with E-state index in [2.05, 4.69) is 6.92 Å². The Bertz CT molecular complexity index is 928. The second kappa shape index (κ2) is 8.36. The average Bonchev–Trinajstić information content (AvgIpc) is 2.68. The van der Waals surface area contributed by atoms with Gasteiger partial charge in [0.1, 0.15) is 0 Å². The molecule has 0 unspecified atom stereocenters. The van der Waals surface area contributed by atoms with Crippen LogP contribution >= 0.6 is 11.6 Å². The van der Waals surface area contributed by atoms with Crippen LogP contribution in [0.2, 0.25) is 5.02 Å². The fraction of sp³-hybridized carbons (Fsp3) is 0.545. The van der Waals surface area contributed by atoms with Gasteiger partial charge < -0.3 is 14.8 Å². The Kier molecular flexibility index (Phi) is 6.28. The van der Waals surface area contributed by atoms with Crippen LogP contribution in [-0.4, -0.2) is 32.8 Å². The molecule has 2 N–H and O–H groups in total. The van der Waals surface area contributed by atoms with Gasteiger partial charge in [-0.15, -0.1) is 0 Å². The van der Waals surface area contributed by atoms with Gasteiger partial charge in [-0.2, -0.15) is 0 Å². The van der Waals surface area contributed by atoms with Crippen molar-refractivity contribution in [2.24, 2.45) is 5.92 Å². The van der Waals surface area contributed by atoms with Crippen LogP contribution < -0.4 is 5.56 Å². The largest absolute Gasteiger partial charge is 0.394 e. The molecule has 1 aromatic carbocycles. The van der Waals surface area contributed by atoms with Crippen molar-refractivity contribution in [1.29, 1.82) is 0 Å². The molecule has 0 amide bonds. The Morgan fingerprint density at radius 2 is 1.96 bits per heavy atom. The highest BCUT2D eigenvalue weighted by molar-refractivity contribution is 6.35. The number of Topliss-reactive ketones (excluding diaryl/α,β-unsaturated/α-hetero) is 1. The maximum atomic E-state index is 13.0. The minimum absolute atomic E-state index is 0.151. The third-order valence-corrected chi connectivity index (χ3v) is 6.42. The van der Waals surface area contributed by atoms with Crippen LogP contribution in [0.25, 0.3) is 10.8 Å². The smallest absolute Gasteiger partial charge is 0.258 e. The van der Waals surface area contributed by atoms with Crippen LogP contribution in [0.1, 0.15) is 68.8 Å². The molecule has 0 saturated heterocycles. The van der Waals surface area contributed by atoms with Gasteiger partial charge in [0, 0.05) is 29.0 Å². The minimum Gasteiger partial charge on any atom is -0.394 e. The molecule has 28 heavy (non-hydrogen) atoms. The number of hydrogen-bond donors (Lipinski definition) is 2. The summed E-state index contributed by atoms with van der Waals surface area (Å²) in [6.45, 7) is 3.79. The van der Waals surface area contributed by atoms with E-state index >= 15 is 0 Å². The molecule has 1 fully saturated rings. The lowest BCUT2D eigenvalue weighted by molar-refractivity contribution is -0.0149. The molecule has 3 rings (SSSR count). The van der Waals surface area contributed by atoms with Crippen molar-refractivity contribution in [3.63, 3.8) is 0 Å². The maximum absolute atomic E-state index is 13.0. The van der Waals surface area contributed by atoms with E-state index < -0.39 is 5.60 Å². The predicted octanol–water partition coefficient (Wildman–Crippen LogP) is 4.11. The third kappa shape index (κ3) is 4.17. The van der Waals surface area contributed by atoms with E-state index in [-0.39, 0.29) is 30.4 Å². The zero-order chi connectivity index (χ0) is 20.5. The molecule has 2 aromatic rings. The van der Waals surface area contributed by atoms with Gasteiger partial charge in [0.25, 0.3) is 5.56 Å². The fourth-order valence-corrected chi connectivity index (χ4v) is 4.32. The first-order valence-electron chi connectivity index (χ1n) is 9.95. The molecule has 0 bridgehead atoms. The number of carbonyl (C=O) groups is 1. The predicted molar refractivity (Wildman–Crippen MR) is 111 cm³/mol. The van der Waals surface area contributed by atoms with E-state index in [1.54, 1.807) is 31.3 Å². The fourth-order valence-electron chi connectivity index (χ4n) is 4.05. The number of aliphatic hydroxyl groups excluding tert-OH is 1. The van der Waals surface area contributed by atoms with Crippen LogP contribution in [-0.2, 0) is 0 Å². The average molecular weight is 406 g/mol.